The molecule has 1 aromatic rings. The predicted octanol–water partition coefficient (Wildman–Crippen LogP) is 2.88. The van der Waals surface area contributed by atoms with Crippen molar-refractivity contribution in [1.29, 1.82) is 0 Å². The number of benzene rings is 1. The maximum absolute atomic E-state index is 12.3. The first kappa shape index (κ1) is 15.8. The summed E-state index contributed by atoms with van der Waals surface area (Å²) in [5.74, 6) is 0.791. The Labute approximate surface area is 121 Å². The van der Waals surface area contributed by atoms with Crippen molar-refractivity contribution < 1.29 is 4.79 Å². The van der Waals surface area contributed by atoms with Gasteiger partial charge in [0.25, 0.3) is 0 Å². The van der Waals surface area contributed by atoms with Crippen LogP contribution in [0.5, 0.6) is 0 Å². The Morgan fingerprint density at radius 3 is 2.58 bits per heavy atom. The van der Waals surface area contributed by atoms with Crippen molar-refractivity contribution in [3.63, 3.8) is 0 Å². The average molecular weight is 283 g/mol. The molecule has 0 aromatic heterocycles. The third-order valence-electron chi connectivity index (χ3n) is 3.72. The fourth-order valence-electron chi connectivity index (χ4n) is 2.71. The summed E-state index contributed by atoms with van der Waals surface area (Å²) >= 11 is 0. The maximum atomic E-state index is 12.3. The Kier molecular flexibility index (Phi) is 5.67. The summed E-state index contributed by atoms with van der Waals surface area (Å²) in [6.07, 6.45) is 2.77. The second-order valence-electron chi connectivity index (χ2n) is 5.46. The van der Waals surface area contributed by atoms with E-state index in [9.17, 15) is 4.79 Å². The van der Waals surface area contributed by atoms with Crippen LogP contribution in [0, 0.1) is 5.92 Å². The second-order valence-corrected chi connectivity index (χ2v) is 5.46. The van der Waals surface area contributed by atoms with Crippen LogP contribution in [0.25, 0.3) is 0 Å². The zero-order valence-corrected chi connectivity index (χ0v) is 12.5. The standard InChI is InChI=1S/C15H22N2O.ClH/c1-11(2)14-4-3-9-17(14)15(18)10-12-5-7-13(16)8-6-12;/h5-8,11,14H,3-4,9-10,16H2,1-2H3;1H. The number of carbonyl (C=O) groups excluding carboxylic acids is 1. The average Bonchev–Trinajstić information content (AvgIpc) is 2.81. The number of amides is 1. The van der Waals surface area contributed by atoms with Gasteiger partial charge >= 0.3 is 0 Å². The summed E-state index contributed by atoms with van der Waals surface area (Å²) in [7, 11) is 0. The molecule has 19 heavy (non-hydrogen) atoms. The lowest BCUT2D eigenvalue weighted by atomic mass is 10.0. The summed E-state index contributed by atoms with van der Waals surface area (Å²) in [4.78, 5) is 14.4. The van der Waals surface area contributed by atoms with Crippen molar-refractivity contribution >= 4 is 24.0 Å². The molecule has 0 radical (unpaired) electrons. The number of halogens is 1. The van der Waals surface area contributed by atoms with Gasteiger partial charge in [-0.15, -0.1) is 12.4 Å². The largest absolute Gasteiger partial charge is 0.399 e. The molecule has 1 amide bonds. The summed E-state index contributed by atoms with van der Waals surface area (Å²) in [5.41, 5.74) is 7.43. The monoisotopic (exact) mass is 282 g/mol. The highest BCUT2D eigenvalue weighted by Crippen LogP contribution is 2.24. The molecule has 0 spiro atoms. The van der Waals surface area contributed by atoms with Crippen LogP contribution < -0.4 is 5.73 Å². The molecule has 1 aromatic carbocycles. The van der Waals surface area contributed by atoms with Crippen LogP contribution in [-0.4, -0.2) is 23.4 Å². The number of likely N-dealkylation sites (tertiary alicyclic amines) is 1. The van der Waals surface area contributed by atoms with Gasteiger partial charge in [0.05, 0.1) is 6.42 Å². The summed E-state index contributed by atoms with van der Waals surface area (Å²) in [6.45, 7) is 5.30. The van der Waals surface area contributed by atoms with E-state index in [-0.39, 0.29) is 18.3 Å². The smallest absolute Gasteiger partial charge is 0.227 e. The third-order valence-corrected chi connectivity index (χ3v) is 3.72. The second kappa shape index (κ2) is 6.80. The van der Waals surface area contributed by atoms with Crippen LogP contribution in [0.2, 0.25) is 0 Å². The molecule has 106 valence electrons. The number of hydrogen-bond donors (Lipinski definition) is 1. The molecule has 2 N–H and O–H groups in total. The lowest BCUT2D eigenvalue weighted by Crippen LogP contribution is -2.39. The molecule has 3 nitrogen and oxygen atoms in total. The van der Waals surface area contributed by atoms with Gasteiger partial charge in [0.2, 0.25) is 5.91 Å². The van der Waals surface area contributed by atoms with E-state index in [1.807, 2.05) is 24.3 Å². The van der Waals surface area contributed by atoms with Gasteiger partial charge < -0.3 is 10.6 Å². The lowest BCUT2D eigenvalue weighted by Gasteiger charge is -2.27. The van der Waals surface area contributed by atoms with Gasteiger partial charge in [-0.25, -0.2) is 0 Å². The molecule has 1 saturated heterocycles. The van der Waals surface area contributed by atoms with Gasteiger partial charge in [0.1, 0.15) is 0 Å². The van der Waals surface area contributed by atoms with Crippen molar-refractivity contribution in [2.24, 2.45) is 5.92 Å². The van der Waals surface area contributed by atoms with E-state index in [0.29, 0.717) is 18.4 Å². The molecule has 0 saturated carbocycles. The minimum Gasteiger partial charge on any atom is -0.399 e. The number of hydrogen-bond acceptors (Lipinski definition) is 2. The number of nitrogen functional groups attached to an aromatic ring is 1. The minimum absolute atomic E-state index is 0. The number of anilines is 1. The molecule has 0 aliphatic carbocycles. The van der Waals surface area contributed by atoms with E-state index in [1.54, 1.807) is 0 Å². The van der Waals surface area contributed by atoms with Gasteiger partial charge in [-0.1, -0.05) is 26.0 Å². The summed E-state index contributed by atoms with van der Waals surface area (Å²) in [6, 6.07) is 8.01. The third kappa shape index (κ3) is 3.87. The van der Waals surface area contributed by atoms with Gasteiger partial charge in [-0.3, -0.25) is 4.79 Å². The van der Waals surface area contributed by atoms with Crippen molar-refractivity contribution in [3.05, 3.63) is 29.8 Å². The van der Waals surface area contributed by atoms with Gasteiger partial charge in [-0.05, 0) is 36.5 Å². The molecule has 2 rings (SSSR count). The first-order valence-electron chi connectivity index (χ1n) is 6.72. The molecule has 1 aliphatic heterocycles. The Balaban J connectivity index is 0.00000180. The highest BCUT2D eigenvalue weighted by Gasteiger charge is 2.30. The normalized spacial score (nSPS) is 18.5. The molecule has 0 bridgehead atoms. The molecule has 1 fully saturated rings. The number of rotatable bonds is 3. The van der Waals surface area contributed by atoms with Crippen LogP contribution >= 0.6 is 12.4 Å². The number of nitrogens with two attached hydrogens (primary N) is 1. The van der Waals surface area contributed by atoms with Crippen molar-refractivity contribution in [2.45, 2.75) is 39.2 Å². The highest BCUT2D eigenvalue weighted by atomic mass is 35.5. The van der Waals surface area contributed by atoms with Crippen molar-refractivity contribution in [1.82, 2.24) is 4.90 Å². The van der Waals surface area contributed by atoms with Crippen molar-refractivity contribution in [3.8, 4) is 0 Å². The van der Waals surface area contributed by atoms with E-state index in [4.69, 9.17) is 5.73 Å². The van der Waals surface area contributed by atoms with Crippen LogP contribution in [-0.2, 0) is 11.2 Å². The molecule has 1 aliphatic rings. The van der Waals surface area contributed by atoms with Crippen LogP contribution in [0.3, 0.4) is 0 Å². The van der Waals surface area contributed by atoms with Crippen LogP contribution in [0.15, 0.2) is 24.3 Å². The summed E-state index contributed by atoms with van der Waals surface area (Å²) in [5, 5.41) is 0. The number of nitrogens with zero attached hydrogens (tertiary/aromatic N) is 1. The maximum Gasteiger partial charge on any atom is 0.227 e. The Bertz CT molecular complexity index is 417. The topological polar surface area (TPSA) is 46.3 Å². The molecule has 1 heterocycles. The van der Waals surface area contributed by atoms with Crippen LogP contribution in [0.4, 0.5) is 5.69 Å². The van der Waals surface area contributed by atoms with Gasteiger partial charge in [0.15, 0.2) is 0 Å². The van der Waals surface area contributed by atoms with E-state index >= 15 is 0 Å². The molecular weight excluding hydrogens is 260 g/mol. The molecule has 1 atom stereocenters. The Hall–Kier alpha value is -1.22. The molecule has 1 unspecified atom stereocenters. The zero-order chi connectivity index (χ0) is 13.1. The lowest BCUT2D eigenvalue weighted by molar-refractivity contribution is -0.132. The van der Waals surface area contributed by atoms with E-state index in [2.05, 4.69) is 18.7 Å². The fourth-order valence-corrected chi connectivity index (χ4v) is 2.71. The van der Waals surface area contributed by atoms with Gasteiger partial charge in [-0.2, -0.15) is 0 Å². The van der Waals surface area contributed by atoms with E-state index in [0.717, 1.165) is 30.6 Å². The number of carbonyl (C=O) groups is 1. The first-order chi connectivity index (χ1) is 8.58. The highest BCUT2D eigenvalue weighted by molar-refractivity contribution is 5.85. The quantitative estimate of drug-likeness (QED) is 0.867. The zero-order valence-electron chi connectivity index (χ0n) is 11.6. The fraction of sp³-hybridized carbons (Fsp3) is 0.533. The van der Waals surface area contributed by atoms with Crippen LogP contribution in [0.1, 0.15) is 32.3 Å². The first-order valence-corrected chi connectivity index (χ1v) is 6.72. The summed E-state index contributed by atoms with van der Waals surface area (Å²) < 4.78 is 0. The minimum atomic E-state index is 0. The predicted molar refractivity (Wildman–Crippen MR) is 81.4 cm³/mol. The van der Waals surface area contributed by atoms with Gasteiger partial charge in [0, 0.05) is 18.3 Å². The molecule has 4 heteroatoms. The van der Waals surface area contributed by atoms with Crippen molar-refractivity contribution in [2.75, 3.05) is 12.3 Å². The molecular formula is C15H23ClN2O. The van der Waals surface area contributed by atoms with E-state index < -0.39 is 0 Å². The SMILES string of the molecule is CC(C)C1CCCN1C(=O)Cc1ccc(N)cc1.Cl. The van der Waals surface area contributed by atoms with E-state index in [1.165, 1.54) is 0 Å². The Morgan fingerprint density at radius 1 is 1.37 bits per heavy atom. The Morgan fingerprint density at radius 2 is 2.00 bits per heavy atom.